The molecule has 0 aliphatic carbocycles. The minimum absolute atomic E-state index is 0.0378. The van der Waals surface area contributed by atoms with Gasteiger partial charge in [0.1, 0.15) is 6.54 Å². The lowest BCUT2D eigenvalue weighted by molar-refractivity contribution is -0.115. The minimum Gasteiger partial charge on any atom is -0.323 e. The molecule has 0 radical (unpaired) electrons. The number of para-hydroxylation sites is 2. The number of aromatic nitrogens is 3. The lowest BCUT2D eigenvalue weighted by atomic mass is 10.0. The molecule has 7 nitrogen and oxygen atoms in total. The highest BCUT2D eigenvalue weighted by atomic mass is 32.1. The number of thiophene rings is 1. The Bertz CT molecular complexity index is 1380. The molecule has 162 valence electrons. The van der Waals surface area contributed by atoms with Gasteiger partial charge in [0, 0.05) is 21.4 Å². The number of carbonyl (C=O) groups excluding carboxylic acids is 2. The first kappa shape index (κ1) is 20.4. The maximum Gasteiger partial charge on any atom is 0.259 e. The molecule has 0 unspecified atom stereocenters. The summed E-state index contributed by atoms with van der Waals surface area (Å²) < 4.78 is 1.83. The molecule has 8 heteroatoms. The maximum atomic E-state index is 13.9. The van der Waals surface area contributed by atoms with Gasteiger partial charge in [0.05, 0.1) is 34.2 Å². The monoisotopic (exact) mass is 445 g/mol. The molecular weight excluding hydrogens is 422 g/mol. The molecule has 2 amide bonds. The van der Waals surface area contributed by atoms with E-state index >= 15 is 0 Å². The van der Waals surface area contributed by atoms with Crippen molar-refractivity contribution >= 4 is 45.6 Å². The van der Waals surface area contributed by atoms with E-state index in [-0.39, 0.29) is 24.4 Å². The first-order chi connectivity index (χ1) is 15.3. The maximum absolute atomic E-state index is 13.9. The Balaban J connectivity index is 1.72. The number of aryl methyl sites for hydroxylation is 2. The van der Waals surface area contributed by atoms with Gasteiger partial charge in [-0.05, 0) is 52.0 Å². The number of nitrogens with one attached hydrogen (secondary N) is 1. The van der Waals surface area contributed by atoms with E-state index in [1.165, 1.54) is 9.78 Å². The lowest BCUT2D eigenvalue weighted by Crippen LogP contribution is -2.42. The summed E-state index contributed by atoms with van der Waals surface area (Å²) in [6.45, 7) is 8.16. The van der Waals surface area contributed by atoms with E-state index in [1.807, 2.05) is 42.8 Å². The molecule has 1 aliphatic rings. The van der Waals surface area contributed by atoms with Gasteiger partial charge >= 0.3 is 0 Å². The van der Waals surface area contributed by atoms with Crippen molar-refractivity contribution < 1.29 is 9.59 Å². The van der Waals surface area contributed by atoms with Crippen LogP contribution >= 0.6 is 11.3 Å². The molecule has 3 aromatic heterocycles. The van der Waals surface area contributed by atoms with Crippen LogP contribution in [-0.2, 0) is 4.79 Å². The van der Waals surface area contributed by atoms with Crippen LogP contribution in [0.1, 0.15) is 40.0 Å². The Kier molecular flexibility index (Phi) is 4.82. The van der Waals surface area contributed by atoms with E-state index in [2.05, 4.69) is 30.3 Å². The lowest BCUT2D eigenvalue weighted by Gasteiger charge is -2.29. The number of anilines is 2. The SMILES string of the molecule is Cc1cc(-c2cc(C(=O)N3CC(=O)Nc4ccccc43)c3cnn(C(C)C)c3n2)c(C)s1. The number of pyridine rings is 1. The van der Waals surface area contributed by atoms with Crippen molar-refractivity contribution in [1.29, 1.82) is 0 Å². The van der Waals surface area contributed by atoms with Gasteiger partial charge in [0.15, 0.2) is 5.65 Å². The van der Waals surface area contributed by atoms with Crippen LogP contribution < -0.4 is 10.2 Å². The highest BCUT2D eigenvalue weighted by Crippen LogP contribution is 2.35. The van der Waals surface area contributed by atoms with Gasteiger partial charge in [-0.3, -0.25) is 14.5 Å². The van der Waals surface area contributed by atoms with Gasteiger partial charge in [-0.25, -0.2) is 9.67 Å². The molecule has 32 heavy (non-hydrogen) atoms. The van der Waals surface area contributed by atoms with Crippen molar-refractivity contribution in [3.8, 4) is 11.3 Å². The Morgan fingerprint density at radius 2 is 1.97 bits per heavy atom. The largest absolute Gasteiger partial charge is 0.323 e. The van der Waals surface area contributed by atoms with Crippen LogP contribution in [0.4, 0.5) is 11.4 Å². The summed E-state index contributed by atoms with van der Waals surface area (Å²) >= 11 is 1.70. The van der Waals surface area contributed by atoms with Gasteiger partial charge in [-0.2, -0.15) is 5.10 Å². The van der Waals surface area contributed by atoms with E-state index in [0.29, 0.717) is 28.0 Å². The molecule has 1 N–H and O–H groups in total. The molecule has 4 aromatic rings. The first-order valence-corrected chi connectivity index (χ1v) is 11.3. The number of amides is 2. The predicted molar refractivity (Wildman–Crippen MR) is 127 cm³/mol. The normalized spacial score (nSPS) is 13.5. The van der Waals surface area contributed by atoms with Crippen molar-refractivity contribution in [2.24, 2.45) is 0 Å². The second-order valence-corrected chi connectivity index (χ2v) is 9.72. The molecule has 0 saturated heterocycles. The summed E-state index contributed by atoms with van der Waals surface area (Å²) in [5.74, 6) is -0.460. The van der Waals surface area contributed by atoms with Crippen LogP contribution in [0.3, 0.4) is 0 Å². The van der Waals surface area contributed by atoms with Gasteiger partial charge in [0.25, 0.3) is 5.91 Å². The second kappa shape index (κ2) is 7.56. The molecule has 0 saturated carbocycles. The number of hydrogen-bond donors (Lipinski definition) is 1. The fraction of sp³-hybridized carbons (Fsp3) is 0.250. The number of fused-ring (bicyclic) bond motifs is 2. The molecule has 0 spiro atoms. The Morgan fingerprint density at radius 1 is 1.19 bits per heavy atom. The van der Waals surface area contributed by atoms with Gasteiger partial charge in [-0.15, -0.1) is 11.3 Å². The first-order valence-electron chi connectivity index (χ1n) is 10.5. The molecule has 0 atom stereocenters. The van der Waals surface area contributed by atoms with Crippen LogP contribution in [-0.4, -0.2) is 33.1 Å². The third-order valence-electron chi connectivity index (χ3n) is 5.62. The van der Waals surface area contributed by atoms with Crippen LogP contribution in [0.25, 0.3) is 22.3 Å². The average Bonchev–Trinajstić information content (AvgIpc) is 3.34. The van der Waals surface area contributed by atoms with Crippen molar-refractivity contribution in [2.75, 3.05) is 16.8 Å². The van der Waals surface area contributed by atoms with Crippen molar-refractivity contribution in [3.63, 3.8) is 0 Å². The van der Waals surface area contributed by atoms with E-state index in [4.69, 9.17) is 4.98 Å². The molecule has 4 heterocycles. The Labute approximate surface area is 189 Å². The fourth-order valence-corrected chi connectivity index (χ4v) is 5.09. The molecule has 1 aromatic carbocycles. The number of nitrogens with zero attached hydrogens (tertiary/aromatic N) is 4. The summed E-state index contributed by atoms with van der Waals surface area (Å²) in [5, 5.41) is 8.03. The predicted octanol–water partition coefficient (Wildman–Crippen LogP) is 4.96. The van der Waals surface area contributed by atoms with Crippen molar-refractivity contribution in [1.82, 2.24) is 14.8 Å². The summed E-state index contributed by atoms with van der Waals surface area (Å²) in [4.78, 5) is 35.0. The van der Waals surface area contributed by atoms with Crippen LogP contribution in [0.15, 0.2) is 42.6 Å². The van der Waals surface area contributed by atoms with Gasteiger partial charge < -0.3 is 5.32 Å². The Morgan fingerprint density at radius 3 is 2.69 bits per heavy atom. The molecule has 0 fully saturated rings. The van der Waals surface area contributed by atoms with Crippen molar-refractivity contribution in [2.45, 2.75) is 33.7 Å². The molecular formula is C24H23N5O2S. The van der Waals surface area contributed by atoms with E-state index < -0.39 is 0 Å². The van der Waals surface area contributed by atoms with Crippen LogP contribution in [0.5, 0.6) is 0 Å². The van der Waals surface area contributed by atoms with Gasteiger partial charge in [0.2, 0.25) is 5.91 Å². The van der Waals surface area contributed by atoms with E-state index in [1.54, 1.807) is 23.6 Å². The average molecular weight is 446 g/mol. The Hall–Kier alpha value is -3.52. The summed E-state index contributed by atoms with van der Waals surface area (Å²) in [6.07, 6.45) is 1.70. The zero-order valence-electron chi connectivity index (χ0n) is 18.3. The zero-order chi connectivity index (χ0) is 22.6. The molecule has 5 rings (SSSR count). The quantitative estimate of drug-likeness (QED) is 0.484. The van der Waals surface area contributed by atoms with Crippen LogP contribution in [0.2, 0.25) is 0 Å². The van der Waals surface area contributed by atoms with Crippen LogP contribution in [0, 0.1) is 13.8 Å². The zero-order valence-corrected chi connectivity index (χ0v) is 19.2. The minimum atomic E-state index is -0.242. The van der Waals surface area contributed by atoms with Gasteiger partial charge in [-0.1, -0.05) is 12.1 Å². The number of hydrogen-bond acceptors (Lipinski definition) is 5. The third kappa shape index (κ3) is 3.27. The number of benzene rings is 1. The molecule has 1 aliphatic heterocycles. The second-order valence-electron chi connectivity index (χ2n) is 8.26. The summed E-state index contributed by atoms with van der Waals surface area (Å²) in [6, 6.07) is 11.4. The fourth-order valence-electron chi connectivity index (χ4n) is 4.16. The highest BCUT2D eigenvalue weighted by molar-refractivity contribution is 7.12. The molecule has 0 bridgehead atoms. The van der Waals surface area contributed by atoms with E-state index in [0.717, 1.165) is 16.1 Å². The number of rotatable bonds is 3. The van der Waals surface area contributed by atoms with Crippen molar-refractivity contribution in [3.05, 3.63) is 57.9 Å². The van der Waals surface area contributed by atoms with E-state index in [9.17, 15) is 9.59 Å². The number of carbonyl (C=O) groups is 2. The topological polar surface area (TPSA) is 80.1 Å². The standard InChI is InChI=1S/C24H23N5O2S/c1-13(2)29-23-18(11-25-29)17(10-20(27-23)16-9-14(3)32-15(16)4)24(31)28-12-22(30)26-19-7-5-6-8-21(19)28/h5-11,13H,12H2,1-4H3,(H,26,30). The summed E-state index contributed by atoms with van der Waals surface area (Å²) in [5.41, 5.74) is 4.22. The highest BCUT2D eigenvalue weighted by Gasteiger charge is 2.30. The third-order valence-corrected chi connectivity index (χ3v) is 6.58. The smallest absolute Gasteiger partial charge is 0.259 e. The summed E-state index contributed by atoms with van der Waals surface area (Å²) in [7, 11) is 0.